The first-order chi connectivity index (χ1) is 50.3. The molecule has 0 bridgehead atoms. The number of alkyl halides is 1. The molecule has 39 heteroatoms. The Kier molecular flexibility index (Phi) is 97.3. The molecule has 0 aliphatic carbocycles. The summed E-state index contributed by atoms with van der Waals surface area (Å²) in [5.74, 6) is 0. The van der Waals surface area contributed by atoms with Gasteiger partial charge in [-0.3, -0.25) is 4.18 Å². The highest BCUT2D eigenvalue weighted by Gasteiger charge is 2.14. The average Bonchev–Trinajstić information content (AvgIpc) is 0.856. The van der Waals surface area contributed by atoms with Crippen molar-refractivity contribution in [3.63, 3.8) is 0 Å². The van der Waals surface area contributed by atoms with Crippen LogP contribution in [0.3, 0.4) is 0 Å². The van der Waals surface area contributed by atoms with E-state index in [0.717, 1.165) is 10.9 Å². The van der Waals surface area contributed by atoms with E-state index in [2.05, 4.69) is 36.0 Å². The maximum atomic E-state index is 12.0. The summed E-state index contributed by atoms with van der Waals surface area (Å²) in [5, 5.41) is 41.5. The van der Waals surface area contributed by atoms with E-state index in [1.807, 2.05) is 6.92 Å². The number of rotatable bonds is 81. The summed E-state index contributed by atoms with van der Waals surface area (Å²) >= 11 is 3.28. The predicted octanol–water partition coefficient (Wildman–Crippen LogP) is 2.04. The molecule has 0 atom stereocenters. The largest absolute Gasteiger partial charge is 0.394 e. The molecule has 0 aromatic heterocycles. The third kappa shape index (κ3) is 95.1. The lowest BCUT2D eigenvalue weighted by Crippen LogP contribution is -2.15. The van der Waals surface area contributed by atoms with E-state index in [1.165, 1.54) is 12.1 Å². The molecule has 1 aromatic rings. The topological polar surface area (TPSA) is 443 Å². The minimum Gasteiger partial charge on any atom is -0.394 e. The van der Waals surface area contributed by atoms with Crippen LogP contribution in [-0.2, 0) is 128 Å². The van der Waals surface area contributed by atoms with E-state index in [4.69, 9.17) is 149 Å². The van der Waals surface area contributed by atoms with Gasteiger partial charge in [0.15, 0.2) is 0 Å². The van der Waals surface area contributed by atoms with Crippen LogP contribution in [-0.4, -0.2) is 397 Å². The maximum absolute atomic E-state index is 12.0. The third-order valence-corrected chi connectivity index (χ3v) is 12.8. The van der Waals surface area contributed by atoms with E-state index in [0.29, 0.717) is 324 Å². The number of nitrogens with zero attached hydrogens (tertiary/aromatic N) is 6. The highest BCUT2D eigenvalue weighted by Crippen LogP contribution is 2.13. The molecule has 0 amide bonds. The van der Waals surface area contributed by atoms with Gasteiger partial charge in [-0.15, -0.1) is 0 Å². The van der Waals surface area contributed by atoms with E-state index in [9.17, 15) is 8.42 Å². The molecule has 0 spiro atoms. The second-order valence-corrected chi connectivity index (χ2v) is 21.7. The van der Waals surface area contributed by atoms with Crippen molar-refractivity contribution in [1.29, 1.82) is 0 Å². The Hall–Kier alpha value is -2.89. The molecule has 0 fully saturated rings. The molecule has 0 saturated heterocycles. The van der Waals surface area contributed by atoms with Gasteiger partial charge in [-0.1, -0.05) is 43.9 Å². The zero-order valence-electron chi connectivity index (χ0n) is 60.2. The van der Waals surface area contributed by atoms with Gasteiger partial charge in [0.1, 0.15) is 0 Å². The number of benzene rings is 1. The zero-order valence-corrected chi connectivity index (χ0v) is 62.6. The number of azide groups is 2. The molecule has 0 radical (unpaired) electrons. The van der Waals surface area contributed by atoms with Gasteiger partial charge in [-0.25, -0.2) is 0 Å². The summed E-state index contributed by atoms with van der Waals surface area (Å²) < 4.78 is 155. The van der Waals surface area contributed by atoms with Crippen LogP contribution in [0.2, 0.25) is 0 Å². The Bertz CT molecular complexity index is 1870. The number of hydrogen-bond acceptors (Lipinski definition) is 33. The monoisotopic (exact) mass is 1570 g/mol. The fourth-order valence-corrected chi connectivity index (χ4v) is 7.52. The zero-order chi connectivity index (χ0) is 74.6. The summed E-state index contributed by atoms with van der Waals surface area (Å²) in [6.45, 7) is 25.4. The summed E-state index contributed by atoms with van der Waals surface area (Å²) in [5.41, 5.74) is 17.1. The minimum absolute atomic E-state index is 0.0149. The predicted molar refractivity (Wildman–Crippen MR) is 374 cm³/mol. The molecule has 102 heavy (non-hydrogen) atoms. The lowest BCUT2D eigenvalue weighted by Gasteiger charge is -2.08. The highest BCUT2D eigenvalue weighted by atomic mass is 79.9. The number of aliphatic hydroxyl groups is 4. The standard InChI is InChI=1S/C21H36O10S.C14H28BrN3O6.C14H29N3O7.C14H30O8/c1-20-2-4-21(5-3-20)32(23,24)31-19-18-30-17-16-29-15-14-28-13-12-27-11-10-26-9-8-25-7-6-22;15-1-3-19-5-7-21-9-11-23-13-14-24-12-10-22-8-6-20-4-2-17-18-16;15-17-16-1-3-19-5-7-21-9-11-23-13-14-24-12-10-22-8-6-20-4-2-18;15-1-3-17-5-7-19-9-11-21-13-14-22-12-10-20-8-6-18-4-2-16/h2-5,22H,6-19H2,1H3;1-14H2;18H,1-14H2;15-16H,1-14H2. The Morgan fingerprint density at radius 2 is 0.451 bits per heavy atom. The molecular weight excluding hydrogens is 1450 g/mol. The molecule has 1 rings (SSSR count). The minimum atomic E-state index is -3.76. The SMILES string of the molecule is Cc1ccc(S(=O)(=O)OCCOCCOCCOCCOCCOCCOCCO)cc1.OCCOCCOCCOCCOCCOCCOCCO.[N-]=[N+]=NCCOCCOCCOCCOCCOCCOCCBr.[N-]=[N+]=NCCOCCOCCOCCOCCOCCOCCO. The second kappa shape index (κ2) is 96.1. The quantitative estimate of drug-likeness (QED) is 0.0181. The molecule has 0 unspecified atom stereocenters. The number of aryl methyl sites for hydroxylation is 1. The molecule has 0 aliphatic heterocycles. The molecule has 0 heterocycles. The first-order valence-corrected chi connectivity index (χ1v) is 36.7. The van der Waals surface area contributed by atoms with Gasteiger partial charge in [-0.05, 0) is 30.1 Å². The van der Waals surface area contributed by atoms with Crippen molar-refractivity contribution in [1.82, 2.24) is 0 Å². The van der Waals surface area contributed by atoms with Crippen molar-refractivity contribution in [2.45, 2.75) is 11.8 Å². The fraction of sp³-hybridized carbons (Fsp3) is 0.905. The van der Waals surface area contributed by atoms with E-state index in [-0.39, 0.29) is 44.5 Å². The van der Waals surface area contributed by atoms with Crippen LogP contribution >= 0.6 is 15.9 Å². The van der Waals surface area contributed by atoms with Gasteiger partial charge in [0.2, 0.25) is 0 Å². The Labute approximate surface area is 611 Å². The lowest BCUT2D eigenvalue weighted by atomic mass is 10.2. The van der Waals surface area contributed by atoms with Crippen molar-refractivity contribution in [3.05, 3.63) is 50.7 Å². The Morgan fingerprint density at radius 1 is 0.284 bits per heavy atom. The number of ether oxygens (including phenoxy) is 24. The van der Waals surface area contributed by atoms with Crippen molar-refractivity contribution >= 4 is 26.0 Å². The van der Waals surface area contributed by atoms with Crippen molar-refractivity contribution in [2.75, 3.05) is 369 Å². The number of aliphatic hydroxyl groups excluding tert-OH is 4. The molecular formula is C63H123BrN6O31S. The summed E-state index contributed by atoms with van der Waals surface area (Å²) in [4.78, 5) is 5.38. The molecule has 604 valence electrons. The van der Waals surface area contributed by atoms with Gasteiger partial charge in [-0.2, -0.15) is 8.42 Å². The van der Waals surface area contributed by atoms with E-state index < -0.39 is 10.1 Å². The molecule has 0 saturated carbocycles. The lowest BCUT2D eigenvalue weighted by molar-refractivity contribution is -0.0194. The van der Waals surface area contributed by atoms with Crippen LogP contribution in [0.4, 0.5) is 0 Å². The van der Waals surface area contributed by atoms with E-state index >= 15 is 0 Å². The van der Waals surface area contributed by atoms with Gasteiger partial charge in [0, 0.05) is 28.2 Å². The van der Waals surface area contributed by atoms with Crippen LogP contribution < -0.4 is 0 Å². The first kappa shape index (κ1) is 103. The summed E-state index contributed by atoms with van der Waals surface area (Å²) in [6, 6.07) is 6.47. The molecule has 0 aliphatic rings. The van der Waals surface area contributed by atoms with Crippen molar-refractivity contribution in [3.8, 4) is 0 Å². The normalized spacial score (nSPS) is 11.2. The Morgan fingerprint density at radius 3 is 0.627 bits per heavy atom. The molecule has 37 nitrogen and oxygen atoms in total. The van der Waals surface area contributed by atoms with Gasteiger partial charge in [0.25, 0.3) is 10.1 Å². The number of hydrogen-bond donors (Lipinski definition) is 4. The molecule has 1 aromatic carbocycles. The van der Waals surface area contributed by atoms with Crippen molar-refractivity contribution in [2.24, 2.45) is 10.2 Å². The maximum Gasteiger partial charge on any atom is 0.297 e. The molecule has 4 N–H and O–H groups in total. The third-order valence-electron chi connectivity index (χ3n) is 11.2. The van der Waals surface area contributed by atoms with Gasteiger partial charge < -0.3 is 134 Å². The Balaban J connectivity index is -0.00000130. The van der Waals surface area contributed by atoms with E-state index in [1.54, 1.807) is 12.1 Å². The average molecular weight is 1570 g/mol. The first-order valence-electron chi connectivity index (χ1n) is 34.1. The van der Waals surface area contributed by atoms with Crippen LogP contribution in [0.15, 0.2) is 39.4 Å². The smallest absolute Gasteiger partial charge is 0.297 e. The van der Waals surface area contributed by atoms with Gasteiger partial charge >= 0.3 is 0 Å². The summed E-state index contributed by atoms with van der Waals surface area (Å²) in [7, 11) is -3.76. The number of halogens is 1. The van der Waals surface area contributed by atoms with Crippen LogP contribution in [0, 0.1) is 6.92 Å². The van der Waals surface area contributed by atoms with Crippen LogP contribution in [0.1, 0.15) is 5.56 Å². The van der Waals surface area contributed by atoms with Crippen molar-refractivity contribution < 1.29 is 147 Å². The van der Waals surface area contributed by atoms with Crippen LogP contribution in [0.25, 0.3) is 20.9 Å². The van der Waals surface area contributed by atoms with Gasteiger partial charge in [0.05, 0.1) is 355 Å². The fourth-order valence-electron chi connectivity index (χ4n) is 6.40. The highest BCUT2D eigenvalue weighted by molar-refractivity contribution is 9.09. The summed E-state index contributed by atoms with van der Waals surface area (Å²) in [6.07, 6.45) is 0. The second-order valence-electron chi connectivity index (χ2n) is 19.3. The van der Waals surface area contributed by atoms with Crippen LogP contribution in [0.5, 0.6) is 0 Å².